The van der Waals surface area contributed by atoms with Crippen LogP contribution in [0.1, 0.15) is 22.5 Å². The summed E-state index contributed by atoms with van der Waals surface area (Å²) in [5.41, 5.74) is 0.497. The van der Waals surface area contributed by atoms with E-state index in [1.807, 2.05) is 0 Å². The number of nitrogens with zero attached hydrogens (tertiary/aromatic N) is 3. The molecule has 1 unspecified atom stereocenters. The lowest BCUT2D eigenvalue weighted by Gasteiger charge is -2.23. The van der Waals surface area contributed by atoms with Gasteiger partial charge in [-0.05, 0) is 43.2 Å². The first-order valence-electron chi connectivity index (χ1n) is 8.20. The Morgan fingerprint density at radius 1 is 1.38 bits per heavy atom. The van der Waals surface area contributed by atoms with Crippen molar-refractivity contribution in [2.24, 2.45) is 5.41 Å². The third-order valence-corrected chi connectivity index (χ3v) is 4.73. The molecule has 1 aliphatic heterocycles. The molecule has 2 aromatic rings. The highest BCUT2D eigenvalue weighted by Gasteiger charge is 2.46. The van der Waals surface area contributed by atoms with E-state index in [0.29, 0.717) is 24.2 Å². The maximum atomic E-state index is 13.3. The Kier molecular flexibility index (Phi) is 4.78. The summed E-state index contributed by atoms with van der Waals surface area (Å²) in [6, 6.07) is 5.89. The van der Waals surface area contributed by atoms with Gasteiger partial charge in [0.1, 0.15) is 11.2 Å². The summed E-state index contributed by atoms with van der Waals surface area (Å²) in [7, 11) is 1.45. The number of rotatable bonds is 5. The minimum atomic E-state index is -1.08. The molecule has 3 rings (SSSR count). The Morgan fingerprint density at radius 3 is 2.81 bits per heavy atom. The van der Waals surface area contributed by atoms with Gasteiger partial charge in [-0.1, -0.05) is 0 Å². The van der Waals surface area contributed by atoms with E-state index in [0.717, 1.165) is 0 Å². The van der Waals surface area contributed by atoms with Crippen molar-refractivity contribution in [2.75, 3.05) is 26.8 Å². The number of aryl methyl sites for hydroxylation is 1. The molecule has 1 aromatic heterocycles. The summed E-state index contributed by atoms with van der Waals surface area (Å²) >= 11 is 0. The van der Waals surface area contributed by atoms with Crippen LogP contribution in [0.15, 0.2) is 30.5 Å². The van der Waals surface area contributed by atoms with Crippen molar-refractivity contribution < 1.29 is 23.8 Å². The van der Waals surface area contributed by atoms with Crippen LogP contribution in [0.2, 0.25) is 0 Å². The minimum Gasteiger partial charge on any atom is -0.481 e. The SMILES string of the molecule is COCC1(C(=O)O)CCN(C(=O)c2ccn(-c3ccc(F)cc3C)n2)C1. The first-order chi connectivity index (χ1) is 12.4. The minimum absolute atomic E-state index is 0.0509. The first kappa shape index (κ1) is 18.1. The summed E-state index contributed by atoms with van der Waals surface area (Å²) in [6.45, 7) is 2.22. The lowest BCUT2D eigenvalue weighted by Crippen LogP contribution is -2.40. The number of aliphatic carboxylic acids is 1. The number of hydrogen-bond acceptors (Lipinski definition) is 4. The molecule has 1 saturated heterocycles. The molecule has 0 aliphatic carbocycles. The van der Waals surface area contributed by atoms with Gasteiger partial charge in [-0.3, -0.25) is 9.59 Å². The molecular weight excluding hydrogens is 341 g/mol. The highest BCUT2D eigenvalue weighted by molar-refractivity contribution is 5.93. The molecule has 138 valence electrons. The van der Waals surface area contributed by atoms with E-state index in [1.165, 1.54) is 28.8 Å². The summed E-state index contributed by atoms with van der Waals surface area (Å²) in [5.74, 6) is -1.64. The molecule has 0 radical (unpaired) electrons. The fourth-order valence-corrected chi connectivity index (χ4v) is 3.29. The number of carboxylic acid groups (broad SMARTS) is 1. The number of carbonyl (C=O) groups excluding carboxylic acids is 1. The number of carboxylic acids is 1. The lowest BCUT2D eigenvalue weighted by atomic mass is 9.88. The van der Waals surface area contributed by atoms with E-state index in [-0.39, 0.29) is 30.6 Å². The molecule has 1 amide bonds. The number of carbonyl (C=O) groups is 2. The van der Waals surface area contributed by atoms with E-state index in [2.05, 4.69) is 5.10 Å². The molecular formula is C18H20FN3O4. The Bertz CT molecular complexity index is 851. The van der Waals surface area contributed by atoms with Gasteiger partial charge in [-0.25, -0.2) is 9.07 Å². The zero-order valence-electron chi connectivity index (χ0n) is 14.6. The van der Waals surface area contributed by atoms with E-state index in [4.69, 9.17) is 4.74 Å². The summed E-state index contributed by atoms with van der Waals surface area (Å²) in [4.78, 5) is 25.8. The standard InChI is InChI=1S/C18H20FN3O4/c1-12-9-13(19)3-4-15(12)22-7-5-14(20-22)16(23)21-8-6-18(10-21,11-26-2)17(24)25/h3-5,7,9H,6,8,10-11H2,1-2H3,(H,24,25). The second-order valence-electron chi connectivity index (χ2n) is 6.57. The molecule has 1 N–H and O–H groups in total. The molecule has 1 atom stereocenters. The normalized spacial score (nSPS) is 19.7. The van der Waals surface area contributed by atoms with Crippen LogP contribution in [0.4, 0.5) is 4.39 Å². The average Bonchev–Trinajstić information content (AvgIpc) is 3.23. The van der Waals surface area contributed by atoms with Gasteiger partial charge in [0.15, 0.2) is 5.69 Å². The average molecular weight is 361 g/mol. The maximum absolute atomic E-state index is 13.3. The molecule has 8 heteroatoms. The third kappa shape index (κ3) is 3.20. The second kappa shape index (κ2) is 6.87. The zero-order chi connectivity index (χ0) is 18.9. The van der Waals surface area contributed by atoms with E-state index < -0.39 is 11.4 Å². The van der Waals surface area contributed by atoms with Crippen LogP contribution in [-0.4, -0.2) is 58.5 Å². The van der Waals surface area contributed by atoms with Gasteiger partial charge in [0.2, 0.25) is 0 Å². The predicted molar refractivity (Wildman–Crippen MR) is 90.7 cm³/mol. The van der Waals surface area contributed by atoms with Crippen molar-refractivity contribution in [1.29, 1.82) is 0 Å². The van der Waals surface area contributed by atoms with Gasteiger partial charge in [0.05, 0.1) is 12.3 Å². The van der Waals surface area contributed by atoms with Crippen molar-refractivity contribution >= 4 is 11.9 Å². The van der Waals surface area contributed by atoms with Crippen LogP contribution in [-0.2, 0) is 9.53 Å². The van der Waals surface area contributed by atoms with Gasteiger partial charge in [0.25, 0.3) is 5.91 Å². The van der Waals surface area contributed by atoms with Crippen molar-refractivity contribution in [3.8, 4) is 5.69 Å². The van der Waals surface area contributed by atoms with E-state index >= 15 is 0 Å². The van der Waals surface area contributed by atoms with Gasteiger partial charge < -0.3 is 14.7 Å². The fraction of sp³-hybridized carbons (Fsp3) is 0.389. The van der Waals surface area contributed by atoms with Crippen molar-refractivity contribution in [3.63, 3.8) is 0 Å². The number of methoxy groups -OCH3 is 1. The van der Waals surface area contributed by atoms with Crippen LogP contribution < -0.4 is 0 Å². The Morgan fingerprint density at radius 2 is 2.15 bits per heavy atom. The molecule has 7 nitrogen and oxygen atoms in total. The number of amides is 1. The zero-order valence-corrected chi connectivity index (χ0v) is 14.6. The van der Waals surface area contributed by atoms with Gasteiger partial charge in [-0.2, -0.15) is 5.10 Å². The Labute approximate surface area is 150 Å². The van der Waals surface area contributed by atoms with Gasteiger partial charge in [-0.15, -0.1) is 0 Å². The number of likely N-dealkylation sites (tertiary alicyclic amines) is 1. The summed E-state index contributed by atoms with van der Waals surface area (Å²) in [5, 5.41) is 13.8. The van der Waals surface area contributed by atoms with Gasteiger partial charge >= 0.3 is 5.97 Å². The maximum Gasteiger partial charge on any atom is 0.313 e. The first-order valence-corrected chi connectivity index (χ1v) is 8.20. The number of halogens is 1. The van der Waals surface area contributed by atoms with Crippen LogP contribution in [0.3, 0.4) is 0 Å². The second-order valence-corrected chi connectivity index (χ2v) is 6.57. The van der Waals surface area contributed by atoms with E-state index in [9.17, 15) is 19.1 Å². The molecule has 0 bridgehead atoms. The van der Waals surface area contributed by atoms with Crippen LogP contribution in [0.25, 0.3) is 5.69 Å². The fourth-order valence-electron chi connectivity index (χ4n) is 3.29. The highest BCUT2D eigenvalue weighted by atomic mass is 19.1. The largest absolute Gasteiger partial charge is 0.481 e. The highest BCUT2D eigenvalue weighted by Crippen LogP contribution is 2.32. The molecule has 1 aliphatic rings. The number of aromatic nitrogens is 2. The Hall–Kier alpha value is -2.74. The lowest BCUT2D eigenvalue weighted by molar-refractivity contribution is -0.151. The number of hydrogen-bond donors (Lipinski definition) is 1. The quantitative estimate of drug-likeness (QED) is 0.879. The van der Waals surface area contributed by atoms with Crippen molar-refractivity contribution in [1.82, 2.24) is 14.7 Å². The monoisotopic (exact) mass is 361 g/mol. The van der Waals surface area contributed by atoms with Crippen molar-refractivity contribution in [2.45, 2.75) is 13.3 Å². The van der Waals surface area contributed by atoms with Gasteiger partial charge in [0, 0.05) is 26.4 Å². The summed E-state index contributed by atoms with van der Waals surface area (Å²) in [6.07, 6.45) is 1.96. The molecule has 1 aromatic carbocycles. The van der Waals surface area contributed by atoms with E-state index in [1.54, 1.807) is 25.3 Å². The topological polar surface area (TPSA) is 84.7 Å². The molecule has 1 fully saturated rings. The number of benzene rings is 1. The smallest absolute Gasteiger partial charge is 0.313 e. The van der Waals surface area contributed by atoms with Crippen molar-refractivity contribution in [3.05, 3.63) is 47.5 Å². The van der Waals surface area contributed by atoms with Crippen LogP contribution in [0, 0.1) is 18.2 Å². The van der Waals surface area contributed by atoms with Crippen LogP contribution >= 0.6 is 0 Å². The predicted octanol–water partition coefficient (Wildman–Crippen LogP) is 1.88. The summed E-state index contributed by atoms with van der Waals surface area (Å²) < 4.78 is 19.8. The number of ether oxygens (including phenoxy) is 1. The molecule has 0 spiro atoms. The molecule has 2 heterocycles. The van der Waals surface area contributed by atoms with Crippen LogP contribution in [0.5, 0.6) is 0 Å². The molecule has 26 heavy (non-hydrogen) atoms. The third-order valence-electron chi connectivity index (χ3n) is 4.73. The Balaban J connectivity index is 1.80. The molecule has 0 saturated carbocycles.